The molecular formula is C11H11N3O5. The molecule has 8 nitrogen and oxygen atoms in total. The summed E-state index contributed by atoms with van der Waals surface area (Å²) in [5, 5.41) is 19.3. The Kier molecular flexibility index (Phi) is 3.32. The van der Waals surface area contributed by atoms with Crippen molar-refractivity contribution in [3.05, 3.63) is 34.4 Å². The quantitative estimate of drug-likeness (QED) is 0.632. The van der Waals surface area contributed by atoms with Crippen LogP contribution in [0, 0.1) is 10.1 Å². The van der Waals surface area contributed by atoms with Gasteiger partial charge < -0.3 is 10.0 Å². The van der Waals surface area contributed by atoms with E-state index in [1.807, 2.05) is 0 Å². The summed E-state index contributed by atoms with van der Waals surface area (Å²) >= 11 is 0. The summed E-state index contributed by atoms with van der Waals surface area (Å²) in [4.78, 5) is 35.0. The summed E-state index contributed by atoms with van der Waals surface area (Å²) in [5.41, 5.74) is 0.473. The van der Waals surface area contributed by atoms with Crippen molar-refractivity contribution in [1.29, 1.82) is 0 Å². The molecule has 2 rings (SSSR count). The molecule has 1 saturated heterocycles. The Morgan fingerprint density at radius 1 is 1.26 bits per heavy atom. The number of non-ortho nitro benzene ring substituents is 1. The van der Waals surface area contributed by atoms with Gasteiger partial charge in [-0.1, -0.05) is 0 Å². The number of rotatable bonds is 2. The highest BCUT2D eigenvalue weighted by Gasteiger charge is 2.27. The molecule has 1 aromatic rings. The second-order valence-corrected chi connectivity index (χ2v) is 4.02. The molecule has 0 aliphatic carbocycles. The van der Waals surface area contributed by atoms with Crippen molar-refractivity contribution in [2.45, 2.75) is 0 Å². The Bertz CT molecular complexity index is 528. The Morgan fingerprint density at radius 3 is 2.37 bits per heavy atom. The lowest BCUT2D eigenvalue weighted by molar-refractivity contribution is -0.384. The fourth-order valence-corrected chi connectivity index (χ4v) is 1.86. The number of anilines is 1. The zero-order valence-corrected chi connectivity index (χ0v) is 9.85. The van der Waals surface area contributed by atoms with E-state index in [1.165, 1.54) is 29.2 Å². The molecule has 0 atom stereocenters. The van der Waals surface area contributed by atoms with E-state index in [4.69, 9.17) is 5.11 Å². The Hall–Kier alpha value is -2.64. The second-order valence-electron chi connectivity index (χ2n) is 4.02. The molecule has 8 heteroatoms. The molecule has 0 saturated carbocycles. The number of nitrogens with zero attached hydrogens (tertiary/aromatic N) is 3. The fourth-order valence-electron chi connectivity index (χ4n) is 1.86. The predicted octanol–water partition coefficient (Wildman–Crippen LogP) is 0.921. The first-order chi connectivity index (χ1) is 8.99. The number of amides is 2. The Morgan fingerprint density at radius 2 is 1.89 bits per heavy atom. The third-order valence-corrected chi connectivity index (χ3v) is 2.86. The van der Waals surface area contributed by atoms with Crippen LogP contribution in [0.2, 0.25) is 0 Å². The van der Waals surface area contributed by atoms with Crippen LogP contribution in [0.25, 0.3) is 0 Å². The standard InChI is InChI=1S/C11H11N3O5/c15-10-7-12(11(16)17)5-6-13(10)8-1-3-9(4-2-8)14(18)19/h1-4H,5-7H2,(H,16,17). The largest absolute Gasteiger partial charge is 0.465 e. The summed E-state index contributed by atoms with van der Waals surface area (Å²) in [6.45, 7) is 0.257. The number of carbonyl (C=O) groups excluding carboxylic acids is 1. The summed E-state index contributed by atoms with van der Waals surface area (Å²) < 4.78 is 0. The van der Waals surface area contributed by atoms with Crippen LogP contribution < -0.4 is 4.90 Å². The number of benzene rings is 1. The van der Waals surface area contributed by atoms with Gasteiger partial charge in [0, 0.05) is 30.9 Å². The van der Waals surface area contributed by atoms with Crippen molar-refractivity contribution in [1.82, 2.24) is 4.90 Å². The topological polar surface area (TPSA) is 104 Å². The highest BCUT2D eigenvalue weighted by Crippen LogP contribution is 2.21. The third-order valence-electron chi connectivity index (χ3n) is 2.86. The van der Waals surface area contributed by atoms with Crippen molar-refractivity contribution >= 4 is 23.4 Å². The lowest BCUT2D eigenvalue weighted by Crippen LogP contribution is -2.52. The van der Waals surface area contributed by atoms with Crippen LogP contribution in [-0.4, -0.2) is 46.6 Å². The van der Waals surface area contributed by atoms with Gasteiger partial charge in [-0.15, -0.1) is 0 Å². The lowest BCUT2D eigenvalue weighted by Gasteiger charge is -2.32. The van der Waals surface area contributed by atoms with Crippen LogP contribution in [0.4, 0.5) is 16.2 Å². The zero-order chi connectivity index (χ0) is 14.0. The van der Waals surface area contributed by atoms with Gasteiger partial charge in [-0.25, -0.2) is 4.79 Å². The SMILES string of the molecule is O=C(O)N1CCN(c2ccc([N+](=O)[O-])cc2)C(=O)C1. The Labute approximate surface area is 108 Å². The molecule has 1 fully saturated rings. The summed E-state index contributed by atoms with van der Waals surface area (Å²) in [6, 6.07) is 5.58. The average molecular weight is 265 g/mol. The molecular weight excluding hydrogens is 254 g/mol. The number of piperazine rings is 1. The van der Waals surface area contributed by atoms with Crippen LogP contribution in [-0.2, 0) is 4.79 Å². The van der Waals surface area contributed by atoms with E-state index in [1.54, 1.807) is 0 Å². The number of hydrogen-bond donors (Lipinski definition) is 1. The smallest absolute Gasteiger partial charge is 0.407 e. The van der Waals surface area contributed by atoms with Gasteiger partial charge in [0.05, 0.1) is 4.92 Å². The minimum Gasteiger partial charge on any atom is -0.465 e. The molecule has 1 N–H and O–H groups in total. The third kappa shape index (κ3) is 2.62. The van der Waals surface area contributed by atoms with Gasteiger partial charge in [0.15, 0.2) is 0 Å². The number of carbonyl (C=O) groups is 2. The Balaban J connectivity index is 2.13. The molecule has 0 unspecified atom stereocenters. The highest BCUT2D eigenvalue weighted by molar-refractivity contribution is 5.97. The first-order valence-electron chi connectivity index (χ1n) is 5.52. The minimum atomic E-state index is -1.13. The maximum absolute atomic E-state index is 11.8. The van der Waals surface area contributed by atoms with Gasteiger partial charge in [0.2, 0.25) is 5.91 Å². The molecule has 19 heavy (non-hydrogen) atoms. The zero-order valence-electron chi connectivity index (χ0n) is 9.85. The summed E-state index contributed by atoms with van der Waals surface area (Å²) in [7, 11) is 0. The fraction of sp³-hybridized carbons (Fsp3) is 0.273. The predicted molar refractivity (Wildman–Crippen MR) is 65.0 cm³/mol. The van der Waals surface area contributed by atoms with E-state index in [0.717, 1.165) is 4.90 Å². The van der Waals surface area contributed by atoms with Crippen molar-refractivity contribution in [3.63, 3.8) is 0 Å². The molecule has 100 valence electrons. The van der Waals surface area contributed by atoms with Gasteiger partial charge >= 0.3 is 6.09 Å². The summed E-state index contributed by atoms with van der Waals surface area (Å²) in [5.74, 6) is -0.345. The van der Waals surface area contributed by atoms with Crippen LogP contribution in [0.1, 0.15) is 0 Å². The minimum absolute atomic E-state index is 0.0552. The monoisotopic (exact) mass is 265 g/mol. The van der Waals surface area contributed by atoms with Gasteiger partial charge in [-0.05, 0) is 12.1 Å². The van der Waals surface area contributed by atoms with E-state index in [-0.39, 0.29) is 31.2 Å². The van der Waals surface area contributed by atoms with Crippen LogP contribution in [0.3, 0.4) is 0 Å². The van der Waals surface area contributed by atoms with E-state index in [2.05, 4.69) is 0 Å². The van der Waals surface area contributed by atoms with E-state index >= 15 is 0 Å². The lowest BCUT2D eigenvalue weighted by atomic mass is 10.2. The first kappa shape index (κ1) is 12.8. The van der Waals surface area contributed by atoms with Crippen LogP contribution in [0.15, 0.2) is 24.3 Å². The first-order valence-corrected chi connectivity index (χ1v) is 5.52. The molecule has 1 aliphatic heterocycles. The van der Waals surface area contributed by atoms with Gasteiger partial charge in [0.1, 0.15) is 6.54 Å². The van der Waals surface area contributed by atoms with E-state index < -0.39 is 11.0 Å². The second kappa shape index (κ2) is 4.92. The van der Waals surface area contributed by atoms with Crippen molar-refractivity contribution < 1.29 is 19.6 Å². The highest BCUT2D eigenvalue weighted by atomic mass is 16.6. The van der Waals surface area contributed by atoms with E-state index in [9.17, 15) is 19.7 Å². The van der Waals surface area contributed by atoms with Crippen molar-refractivity contribution in [2.24, 2.45) is 0 Å². The van der Waals surface area contributed by atoms with Crippen molar-refractivity contribution in [2.75, 3.05) is 24.5 Å². The van der Waals surface area contributed by atoms with Gasteiger partial charge in [0.25, 0.3) is 5.69 Å². The van der Waals surface area contributed by atoms with Crippen LogP contribution >= 0.6 is 0 Å². The number of carboxylic acid groups (broad SMARTS) is 1. The molecule has 0 bridgehead atoms. The number of nitro groups is 1. The van der Waals surface area contributed by atoms with Crippen LogP contribution in [0.5, 0.6) is 0 Å². The molecule has 0 aromatic heterocycles. The normalized spacial score (nSPS) is 15.5. The van der Waals surface area contributed by atoms with Gasteiger partial charge in [-0.2, -0.15) is 0 Å². The van der Waals surface area contributed by atoms with E-state index in [0.29, 0.717) is 5.69 Å². The van der Waals surface area contributed by atoms with Gasteiger partial charge in [-0.3, -0.25) is 19.8 Å². The molecule has 1 heterocycles. The molecule has 1 aliphatic rings. The molecule has 0 radical (unpaired) electrons. The number of hydrogen-bond acceptors (Lipinski definition) is 4. The number of nitro benzene ring substituents is 1. The summed E-state index contributed by atoms with van der Waals surface area (Å²) in [6.07, 6.45) is -1.13. The maximum Gasteiger partial charge on any atom is 0.407 e. The molecule has 2 amide bonds. The van der Waals surface area contributed by atoms with Crippen molar-refractivity contribution in [3.8, 4) is 0 Å². The maximum atomic E-state index is 11.8. The average Bonchev–Trinajstić information content (AvgIpc) is 2.38. The molecule has 1 aromatic carbocycles. The molecule has 0 spiro atoms.